The van der Waals surface area contributed by atoms with Crippen LogP contribution in [0.1, 0.15) is 5.82 Å². The van der Waals surface area contributed by atoms with Crippen molar-refractivity contribution in [2.24, 2.45) is 0 Å². The number of carbonyl (C=O) groups is 1. The maximum atomic E-state index is 12.1. The molecule has 2 heterocycles. The summed E-state index contributed by atoms with van der Waals surface area (Å²) in [6.07, 6.45) is 3.54. The summed E-state index contributed by atoms with van der Waals surface area (Å²) in [5, 5.41) is 20.0. The van der Waals surface area contributed by atoms with E-state index >= 15 is 0 Å². The number of thioether (sulfide) groups is 2. The van der Waals surface area contributed by atoms with Crippen LogP contribution in [0.15, 0.2) is 34.8 Å². The molecule has 25 heavy (non-hydrogen) atoms. The highest BCUT2D eigenvalue weighted by molar-refractivity contribution is 8.01. The molecule has 0 aliphatic rings. The zero-order chi connectivity index (χ0) is 18.1. The van der Waals surface area contributed by atoms with Crippen molar-refractivity contribution in [2.75, 3.05) is 23.9 Å². The number of amides is 1. The van der Waals surface area contributed by atoms with Gasteiger partial charge in [-0.25, -0.2) is 0 Å². The molecule has 8 nitrogen and oxygen atoms in total. The molecule has 0 aliphatic carbocycles. The molecule has 2 rings (SSSR count). The van der Waals surface area contributed by atoms with E-state index in [0.29, 0.717) is 29.3 Å². The first-order chi connectivity index (χ1) is 12.2. The Hall–Kier alpha value is -1.69. The summed E-state index contributed by atoms with van der Waals surface area (Å²) < 4.78 is 7.75. The second kappa shape index (κ2) is 10.3. The quantitative estimate of drug-likeness (QED) is 0.350. The third-order valence-corrected chi connectivity index (χ3v) is 5.62. The van der Waals surface area contributed by atoms with E-state index in [0.717, 1.165) is 10.1 Å². The van der Waals surface area contributed by atoms with Gasteiger partial charge in [-0.3, -0.25) is 10.1 Å². The van der Waals surface area contributed by atoms with Gasteiger partial charge in [0.15, 0.2) is 15.3 Å². The van der Waals surface area contributed by atoms with E-state index in [1.807, 2.05) is 4.57 Å². The van der Waals surface area contributed by atoms with E-state index in [4.69, 9.17) is 4.74 Å². The molecular formula is C14H18N6O2S3. The summed E-state index contributed by atoms with van der Waals surface area (Å²) in [5.74, 6) is 1.46. The molecule has 0 aromatic carbocycles. The van der Waals surface area contributed by atoms with Crippen LogP contribution in [0.25, 0.3) is 0 Å². The van der Waals surface area contributed by atoms with E-state index < -0.39 is 0 Å². The zero-order valence-corrected chi connectivity index (χ0v) is 16.1. The maximum Gasteiger partial charge on any atom is 0.236 e. The predicted octanol–water partition coefficient (Wildman–Crippen LogP) is 2.47. The number of methoxy groups -OCH3 is 1. The largest absolute Gasteiger partial charge is 0.377 e. The number of carbonyl (C=O) groups excluding carboxylic acids is 1. The number of hydrogen-bond acceptors (Lipinski definition) is 9. The Kier molecular flexibility index (Phi) is 8.12. The molecular weight excluding hydrogens is 380 g/mol. The molecule has 0 unspecified atom stereocenters. The Morgan fingerprint density at radius 2 is 2.12 bits per heavy atom. The van der Waals surface area contributed by atoms with Crippen LogP contribution in [0.5, 0.6) is 0 Å². The van der Waals surface area contributed by atoms with Crippen LogP contribution in [0.3, 0.4) is 0 Å². The minimum Gasteiger partial charge on any atom is -0.377 e. The van der Waals surface area contributed by atoms with Crippen molar-refractivity contribution in [3.05, 3.63) is 31.1 Å². The first kappa shape index (κ1) is 19.6. The van der Waals surface area contributed by atoms with Gasteiger partial charge in [0.05, 0.1) is 5.75 Å². The monoisotopic (exact) mass is 398 g/mol. The normalized spacial score (nSPS) is 10.6. The molecule has 0 fully saturated rings. The van der Waals surface area contributed by atoms with Gasteiger partial charge in [0, 0.05) is 19.4 Å². The van der Waals surface area contributed by atoms with Gasteiger partial charge in [0.2, 0.25) is 11.0 Å². The number of aromatic nitrogens is 5. The molecule has 0 aliphatic heterocycles. The highest BCUT2D eigenvalue weighted by Crippen LogP contribution is 2.25. The van der Waals surface area contributed by atoms with E-state index in [1.54, 1.807) is 19.3 Å². The Labute approximate surface area is 158 Å². The molecule has 0 saturated carbocycles. The minimum atomic E-state index is -0.178. The summed E-state index contributed by atoms with van der Waals surface area (Å²) in [5.41, 5.74) is 0. The molecule has 11 heteroatoms. The molecule has 0 bridgehead atoms. The Morgan fingerprint density at radius 1 is 1.28 bits per heavy atom. The van der Waals surface area contributed by atoms with Crippen molar-refractivity contribution >= 4 is 45.9 Å². The van der Waals surface area contributed by atoms with Crippen molar-refractivity contribution in [3.63, 3.8) is 0 Å². The van der Waals surface area contributed by atoms with Gasteiger partial charge >= 0.3 is 0 Å². The standard InChI is InChI=1S/C14H18N6O2S3/c1-4-6-20-10(8-22-3)16-18-13(20)24-9-11(21)15-12-17-19-14(25-12)23-7-5-2/h4-5H,1-2,6-9H2,3H3,(H,15,17,21). The fourth-order valence-corrected chi connectivity index (χ4v) is 4.00. The molecule has 0 spiro atoms. The van der Waals surface area contributed by atoms with Gasteiger partial charge < -0.3 is 9.30 Å². The van der Waals surface area contributed by atoms with Crippen LogP contribution >= 0.6 is 34.9 Å². The van der Waals surface area contributed by atoms with E-state index in [1.165, 1.54) is 34.9 Å². The van der Waals surface area contributed by atoms with E-state index in [2.05, 4.69) is 38.9 Å². The third-order valence-electron chi connectivity index (χ3n) is 2.69. The number of hydrogen-bond donors (Lipinski definition) is 1. The van der Waals surface area contributed by atoms with Crippen LogP contribution in [-0.4, -0.2) is 49.5 Å². The predicted molar refractivity (Wildman–Crippen MR) is 101 cm³/mol. The van der Waals surface area contributed by atoms with Gasteiger partial charge in [-0.2, -0.15) is 0 Å². The first-order valence-corrected chi connectivity index (χ1v) is 9.98. The summed E-state index contributed by atoms with van der Waals surface area (Å²) in [6, 6.07) is 0. The summed E-state index contributed by atoms with van der Waals surface area (Å²) in [4.78, 5) is 12.1. The average molecular weight is 399 g/mol. The van der Waals surface area contributed by atoms with Gasteiger partial charge in [0.25, 0.3) is 0 Å². The molecule has 0 saturated heterocycles. The van der Waals surface area contributed by atoms with Gasteiger partial charge in [0.1, 0.15) is 6.61 Å². The Bertz CT molecular complexity index is 730. The number of ether oxygens (including phenoxy) is 1. The zero-order valence-electron chi connectivity index (χ0n) is 13.7. The van der Waals surface area contributed by atoms with Crippen molar-refractivity contribution in [1.29, 1.82) is 0 Å². The average Bonchev–Trinajstić information content (AvgIpc) is 3.19. The molecule has 1 amide bonds. The lowest BCUT2D eigenvalue weighted by atomic mass is 10.5. The highest BCUT2D eigenvalue weighted by Gasteiger charge is 2.14. The second-order valence-corrected chi connectivity index (χ2v) is 7.73. The second-order valence-electron chi connectivity index (χ2n) is 4.54. The van der Waals surface area contributed by atoms with Crippen LogP contribution in [0.2, 0.25) is 0 Å². The molecule has 1 N–H and O–H groups in total. The van der Waals surface area contributed by atoms with Crippen LogP contribution < -0.4 is 5.32 Å². The first-order valence-electron chi connectivity index (χ1n) is 7.19. The fourth-order valence-electron chi connectivity index (χ4n) is 1.71. The highest BCUT2D eigenvalue weighted by atomic mass is 32.2. The van der Waals surface area contributed by atoms with Crippen molar-refractivity contribution < 1.29 is 9.53 Å². The van der Waals surface area contributed by atoms with Crippen molar-refractivity contribution in [2.45, 2.75) is 22.6 Å². The number of nitrogens with one attached hydrogen (secondary N) is 1. The van der Waals surface area contributed by atoms with Crippen LogP contribution in [0.4, 0.5) is 5.13 Å². The summed E-state index contributed by atoms with van der Waals surface area (Å²) >= 11 is 4.15. The third kappa shape index (κ3) is 5.96. The Morgan fingerprint density at radius 3 is 2.84 bits per heavy atom. The number of allylic oxidation sites excluding steroid dienone is 1. The molecule has 2 aromatic heterocycles. The molecule has 2 aromatic rings. The SMILES string of the molecule is C=CCSc1nnc(NC(=O)CSc2nnc(COC)n2CC=C)s1. The molecule has 0 radical (unpaired) electrons. The van der Waals surface area contributed by atoms with Crippen LogP contribution in [-0.2, 0) is 22.7 Å². The number of nitrogens with zero attached hydrogens (tertiary/aromatic N) is 5. The minimum absolute atomic E-state index is 0.178. The van der Waals surface area contributed by atoms with E-state index in [9.17, 15) is 4.79 Å². The maximum absolute atomic E-state index is 12.1. The number of anilines is 1. The fraction of sp³-hybridized carbons (Fsp3) is 0.357. The lowest BCUT2D eigenvalue weighted by Crippen LogP contribution is -2.14. The summed E-state index contributed by atoms with van der Waals surface area (Å²) in [6.45, 7) is 8.28. The topological polar surface area (TPSA) is 94.8 Å². The van der Waals surface area contributed by atoms with Gasteiger partial charge in [-0.15, -0.1) is 33.6 Å². The van der Waals surface area contributed by atoms with Crippen LogP contribution in [0, 0.1) is 0 Å². The number of rotatable bonds is 11. The van der Waals surface area contributed by atoms with Gasteiger partial charge in [-0.05, 0) is 0 Å². The van der Waals surface area contributed by atoms with Crippen molar-refractivity contribution in [1.82, 2.24) is 25.0 Å². The van der Waals surface area contributed by atoms with Gasteiger partial charge in [-0.1, -0.05) is 47.0 Å². The lowest BCUT2D eigenvalue weighted by molar-refractivity contribution is -0.113. The van der Waals surface area contributed by atoms with E-state index in [-0.39, 0.29) is 11.7 Å². The summed E-state index contributed by atoms with van der Waals surface area (Å²) in [7, 11) is 1.59. The smallest absolute Gasteiger partial charge is 0.236 e. The van der Waals surface area contributed by atoms with Crippen molar-refractivity contribution in [3.8, 4) is 0 Å². The molecule has 0 atom stereocenters. The Balaban J connectivity index is 1.90. The lowest BCUT2D eigenvalue weighted by Gasteiger charge is -2.06. The molecule has 134 valence electrons.